The molecule has 8 heteroatoms. The minimum atomic E-state index is -0.326. The molecule has 1 aromatic heterocycles. The molecule has 1 aliphatic rings. The molecule has 0 saturated carbocycles. The zero-order valence-corrected chi connectivity index (χ0v) is 16.8. The third kappa shape index (κ3) is 4.66. The number of thiophene rings is 1. The summed E-state index contributed by atoms with van der Waals surface area (Å²) in [5, 5.41) is 7.52. The second kappa shape index (κ2) is 8.79. The Hall–Kier alpha value is -3.65. The normalized spacial score (nSPS) is 12.7. The molecule has 7 nitrogen and oxygen atoms in total. The number of anilines is 3. The average Bonchev–Trinajstić information content (AvgIpc) is 3.24. The van der Waals surface area contributed by atoms with Crippen molar-refractivity contribution in [2.24, 2.45) is 0 Å². The Morgan fingerprint density at radius 1 is 0.967 bits per heavy atom. The number of hydrogen-bond donors (Lipinski definition) is 2. The highest BCUT2D eigenvalue weighted by atomic mass is 32.1. The number of carbonyl (C=O) groups excluding carboxylic acids is 3. The van der Waals surface area contributed by atoms with Gasteiger partial charge in [-0.2, -0.15) is 0 Å². The minimum absolute atomic E-state index is 0.143. The molecular weight excluding hydrogens is 402 g/mol. The maximum atomic E-state index is 12.5. The van der Waals surface area contributed by atoms with E-state index >= 15 is 0 Å². The van der Waals surface area contributed by atoms with Crippen LogP contribution in [0.15, 0.2) is 66.0 Å². The van der Waals surface area contributed by atoms with Crippen LogP contribution in [0.4, 0.5) is 17.1 Å². The first-order valence-corrected chi connectivity index (χ1v) is 10.2. The molecule has 0 aliphatic carbocycles. The van der Waals surface area contributed by atoms with Gasteiger partial charge in [0, 0.05) is 16.3 Å². The zero-order valence-electron chi connectivity index (χ0n) is 16.0. The van der Waals surface area contributed by atoms with Gasteiger partial charge < -0.3 is 15.4 Å². The number of nitrogens with one attached hydrogen (secondary N) is 2. The van der Waals surface area contributed by atoms with Gasteiger partial charge in [-0.3, -0.25) is 19.3 Å². The van der Waals surface area contributed by atoms with Gasteiger partial charge in [-0.25, -0.2) is 0 Å². The van der Waals surface area contributed by atoms with Gasteiger partial charge in [0.25, 0.3) is 5.91 Å². The molecule has 4 rings (SSSR count). The molecule has 0 saturated heterocycles. The number of fused-ring (bicyclic) bond motifs is 1. The topological polar surface area (TPSA) is 87.7 Å². The van der Waals surface area contributed by atoms with Crippen molar-refractivity contribution < 1.29 is 19.1 Å². The molecule has 3 aromatic rings. The van der Waals surface area contributed by atoms with Crippen LogP contribution in [0, 0.1) is 0 Å². The van der Waals surface area contributed by atoms with Crippen molar-refractivity contribution in [3.8, 4) is 5.75 Å². The molecule has 0 spiro atoms. The maximum Gasteiger partial charge on any atom is 0.265 e. The fourth-order valence-electron chi connectivity index (χ4n) is 3.10. The smallest absolute Gasteiger partial charge is 0.265 e. The highest BCUT2D eigenvalue weighted by Crippen LogP contribution is 2.34. The Morgan fingerprint density at radius 3 is 2.53 bits per heavy atom. The first-order valence-electron chi connectivity index (χ1n) is 9.33. The molecule has 0 unspecified atom stereocenters. The van der Waals surface area contributed by atoms with E-state index in [2.05, 4.69) is 10.6 Å². The molecule has 2 aromatic carbocycles. The van der Waals surface area contributed by atoms with Gasteiger partial charge in [0.05, 0.1) is 12.1 Å². The first-order chi connectivity index (χ1) is 14.6. The molecule has 2 heterocycles. The second-order valence-corrected chi connectivity index (χ2v) is 7.70. The van der Waals surface area contributed by atoms with E-state index in [0.717, 1.165) is 4.88 Å². The van der Waals surface area contributed by atoms with Crippen LogP contribution in [0.2, 0.25) is 0 Å². The molecule has 3 amide bonds. The Kier molecular flexibility index (Phi) is 5.76. The summed E-state index contributed by atoms with van der Waals surface area (Å²) in [7, 11) is 0. The van der Waals surface area contributed by atoms with E-state index in [1.807, 2.05) is 35.7 Å². The van der Waals surface area contributed by atoms with E-state index in [-0.39, 0.29) is 37.3 Å². The van der Waals surface area contributed by atoms with E-state index < -0.39 is 0 Å². The van der Waals surface area contributed by atoms with E-state index in [1.54, 1.807) is 30.3 Å². The second-order valence-electron chi connectivity index (χ2n) is 6.67. The Morgan fingerprint density at radius 2 is 1.77 bits per heavy atom. The monoisotopic (exact) mass is 421 g/mol. The summed E-state index contributed by atoms with van der Waals surface area (Å²) in [6.07, 6.45) is 0.271. The summed E-state index contributed by atoms with van der Waals surface area (Å²) in [6.45, 7) is -0.299. The van der Waals surface area contributed by atoms with Gasteiger partial charge >= 0.3 is 0 Å². The predicted molar refractivity (Wildman–Crippen MR) is 116 cm³/mol. The molecule has 0 radical (unpaired) electrons. The number of ether oxygens (including phenoxy) is 1. The lowest BCUT2D eigenvalue weighted by atomic mass is 10.2. The molecule has 2 N–H and O–H groups in total. The first kappa shape index (κ1) is 19.7. The molecule has 0 atom stereocenters. The summed E-state index contributed by atoms with van der Waals surface area (Å²) in [4.78, 5) is 39.5. The number of hydrogen-bond acceptors (Lipinski definition) is 5. The summed E-state index contributed by atoms with van der Waals surface area (Å²) >= 11 is 1.51. The Bertz CT molecular complexity index is 1070. The van der Waals surface area contributed by atoms with Crippen molar-refractivity contribution in [2.45, 2.75) is 6.42 Å². The highest BCUT2D eigenvalue weighted by molar-refractivity contribution is 7.10. The number of nitrogens with zero attached hydrogens (tertiary/aromatic N) is 1. The number of amides is 3. The van der Waals surface area contributed by atoms with Crippen LogP contribution in [-0.4, -0.2) is 30.9 Å². The standard InChI is InChI=1S/C22H19N3O4S/c26-20(12-17-7-4-10-30-17)24-16-8-9-19-18(11-16)25(22(28)14-29-19)13-21(27)23-15-5-2-1-3-6-15/h1-11H,12-14H2,(H,23,27)(H,24,26). The lowest BCUT2D eigenvalue weighted by Crippen LogP contribution is -2.43. The van der Waals surface area contributed by atoms with Crippen LogP contribution < -0.4 is 20.3 Å². The fraction of sp³-hybridized carbons (Fsp3) is 0.136. The maximum absolute atomic E-state index is 12.5. The number of carbonyl (C=O) groups is 3. The van der Waals surface area contributed by atoms with Gasteiger partial charge in [-0.15, -0.1) is 11.3 Å². The summed E-state index contributed by atoms with van der Waals surface area (Å²) in [5.74, 6) is -0.325. The molecule has 1 aliphatic heterocycles. The van der Waals surface area contributed by atoms with Crippen molar-refractivity contribution in [3.63, 3.8) is 0 Å². The zero-order chi connectivity index (χ0) is 20.9. The van der Waals surface area contributed by atoms with Crippen molar-refractivity contribution in [1.82, 2.24) is 0 Å². The number of para-hydroxylation sites is 1. The summed E-state index contributed by atoms with van der Waals surface area (Å²) in [5.41, 5.74) is 1.63. The lowest BCUT2D eigenvalue weighted by Gasteiger charge is -2.29. The molecular formula is C22H19N3O4S. The highest BCUT2D eigenvalue weighted by Gasteiger charge is 2.28. The fourth-order valence-corrected chi connectivity index (χ4v) is 3.80. The van der Waals surface area contributed by atoms with Crippen molar-refractivity contribution in [1.29, 1.82) is 0 Å². The predicted octanol–water partition coefficient (Wildman–Crippen LogP) is 3.29. The van der Waals surface area contributed by atoms with Crippen LogP contribution in [0.1, 0.15) is 4.88 Å². The molecule has 30 heavy (non-hydrogen) atoms. The summed E-state index contributed by atoms with van der Waals surface area (Å²) in [6, 6.07) is 17.9. The third-order valence-corrected chi connectivity index (χ3v) is 5.34. The molecule has 0 bridgehead atoms. The largest absolute Gasteiger partial charge is 0.482 e. The van der Waals surface area contributed by atoms with E-state index in [1.165, 1.54) is 16.2 Å². The SMILES string of the molecule is O=C(Cc1cccs1)Nc1ccc2c(c1)N(CC(=O)Nc1ccccc1)C(=O)CO2. The number of rotatable bonds is 6. The number of benzene rings is 2. The Labute approximate surface area is 177 Å². The molecule has 0 fully saturated rings. The van der Waals surface area contributed by atoms with E-state index in [4.69, 9.17) is 4.74 Å². The van der Waals surface area contributed by atoms with Crippen molar-refractivity contribution >= 4 is 46.1 Å². The average molecular weight is 421 g/mol. The summed E-state index contributed by atoms with van der Waals surface area (Å²) < 4.78 is 5.48. The van der Waals surface area contributed by atoms with Crippen LogP contribution in [-0.2, 0) is 20.8 Å². The van der Waals surface area contributed by atoms with Crippen LogP contribution in [0.5, 0.6) is 5.75 Å². The van der Waals surface area contributed by atoms with Crippen LogP contribution in [0.25, 0.3) is 0 Å². The van der Waals surface area contributed by atoms with Gasteiger partial charge in [-0.05, 0) is 41.8 Å². The third-order valence-electron chi connectivity index (χ3n) is 4.46. The van der Waals surface area contributed by atoms with Crippen molar-refractivity contribution in [2.75, 3.05) is 28.7 Å². The van der Waals surface area contributed by atoms with E-state index in [9.17, 15) is 14.4 Å². The van der Waals surface area contributed by atoms with Gasteiger partial charge in [0.1, 0.15) is 12.3 Å². The van der Waals surface area contributed by atoms with Gasteiger partial charge in [0.2, 0.25) is 11.8 Å². The van der Waals surface area contributed by atoms with Gasteiger partial charge in [-0.1, -0.05) is 24.3 Å². The lowest BCUT2D eigenvalue weighted by molar-refractivity contribution is -0.123. The van der Waals surface area contributed by atoms with Gasteiger partial charge in [0.15, 0.2) is 6.61 Å². The van der Waals surface area contributed by atoms with Crippen molar-refractivity contribution in [3.05, 3.63) is 70.9 Å². The Balaban J connectivity index is 1.48. The van der Waals surface area contributed by atoms with Crippen LogP contribution >= 0.6 is 11.3 Å². The minimum Gasteiger partial charge on any atom is -0.482 e. The van der Waals surface area contributed by atoms with E-state index in [0.29, 0.717) is 22.8 Å². The van der Waals surface area contributed by atoms with Crippen LogP contribution in [0.3, 0.4) is 0 Å². The quantitative estimate of drug-likeness (QED) is 0.639. The molecule has 152 valence electrons.